The lowest BCUT2D eigenvalue weighted by Crippen LogP contribution is -2.51. The van der Waals surface area contributed by atoms with Crippen molar-refractivity contribution in [2.24, 2.45) is 0 Å². The Morgan fingerprint density at radius 1 is 1.07 bits per heavy atom. The van der Waals surface area contributed by atoms with Gasteiger partial charge in [0.15, 0.2) is 0 Å². The Balaban J connectivity index is 1.24. The van der Waals surface area contributed by atoms with E-state index in [9.17, 15) is 4.79 Å². The lowest BCUT2D eigenvalue weighted by Gasteiger charge is -2.38. The first-order chi connectivity index (χ1) is 13.3. The quantitative estimate of drug-likeness (QED) is 0.542. The molecular formula is C18H16N8O. The van der Waals surface area contributed by atoms with Crippen LogP contribution in [0.15, 0.2) is 55.0 Å². The summed E-state index contributed by atoms with van der Waals surface area (Å²) in [5.74, 6) is -0.0573. The topological polar surface area (TPSA) is 94.6 Å². The summed E-state index contributed by atoms with van der Waals surface area (Å²) in [4.78, 5) is 20.5. The van der Waals surface area contributed by atoms with Gasteiger partial charge in [0.05, 0.1) is 30.1 Å². The van der Waals surface area contributed by atoms with Crippen LogP contribution in [0.3, 0.4) is 0 Å². The Morgan fingerprint density at radius 3 is 2.74 bits per heavy atom. The van der Waals surface area contributed by atoms with Crippen molar-refractivity contribution in [3.05, 3.63) is 66.4 Å². The van der Waals surface area contributed by atoms with Gasteiger partial charge in [-0.1, -0.05) is 29.5 Å². The van der Waals surface area contributed by atoms with Gasteiger partial charge in [-0.3, -0.25) is 4.79 Å². The largest absolute Gasteiger partial charge is 0.333 e. The zero-order valence-corrected chi connectivity index (χ0v) is 14.4. The molecule has 9 heteroatoms. The van der Waals surface area contributed by atoms with Gasteiger partial charge in [0.1, 0.15) is 17.9 Å². The van der Waals surface area contributed by atoms with Crippen LogP contribution >= 0.6 is 0 Å². The molecule has 0 N–H and O–H groups in total. The molecule has 0 atom stereocenters. The van der Waals surface area contributed by atoms with Crippen molar-refractivity contribution in [2.75, 3.05) is 13.1 Å². The summed E-state index contributed by atoms with van der Waals surface area (Å²) in [7, 11) is 0. The number of aromatic nitrogens is 7. The van der Waals surface area contributed by atoms with E-state index in [0.717, 1.165) is 16.6 Å². The van der Waals surface area contributed by atoms with Gasteiger partial charge in [0.2, 0.25) is 0 Å². The van der Waals surface area contributed by atoms with Crippen molar-refractivity contribution in [3.8, 4) is 0 Å². The molecule has 1 aromatic carbocycles. The maximum atomic E-state index is 12.7. The molecule has 0 saturated carbocycles. The second-order valence-electron chi connectivity index (χ2n) is 6.50. The van der Waals surface area contributed by atoms with Crippen LogP contribution in [0, 0.1) is 0 Å². The number of rotatable bonds is 4. The second kappa shape index (κ2) is 6.27. The fourth-order valence-corrected chi connectivity index (χ4v) is 3.17. The average Bonchev–Trinajstić information content (AvgIpc) is 3.33. The third-order valence-electron chi connectivity index (χ3n) is 4.67. The molecule has 0 bridgehead atoms. The first kappa shape index (κ1) is 15.6. The van der Waals surface area contributed by atoms with E-state index in [0.29, 0.717) is 25.3 Å². The van der Waals surface area contributed by atoms with Crippen molar-refractivity contribution in [1.82, 2.24) is 39.9 Å². The van der Waals surface area contributed by atoms with Crippen LogP contribution < -0.4 is 0 Å². The Morgan fingerprint density at radius 2 is 1.89 bits per heavy atom. The highest BCUT2D eigenvalue weighted by Gasteiger charge is 2.33. The molecule has 0 aliphatic carbocycles. The van der Waals surface area contributed by atoms with E-state index >= 15 is 0 Å². The van der Waals surface area contributed by atoms with Gasteiger partial charge in [0.25, 0.3) is 5.91 Å². The normalized spacial score (nSPS) is 14.4. The number of hydrogen-bond acceptors (Lipinski definition) is 6. The van der Waals surface area contributed by atoms with Crippen LogP contribution in [-0.2, 0) is 6.54 Å². The summed E-state index contributed by atoms with van der Waals surface area (Å²) in [5.41, 5.74) is 2.08. The van der Waals surface area contributed by atoms with Gasteiger partial charge >= 0.3 is 0 Å². The van der Waals surface area contributed by atoms with E-state index in [1.54, 1.807) is 32.8 Å². The van der Waals surface area contributed by atoms with Gasteiger partial charge in [-0.15, -0.1) is 5.10 Å². The molecule has 9 nitrogen and oxygen atoms in total. The summed E-state index contributed by atoms with van der Waals surface area (Å²) in [6.07, 6.45) is 5.13. The van der Waals surface area contributed by atoms with Gasteiger partial charge in [-0.2, -0.15) is 15.0 Å². The van der Waals surface area contributed by atoms with Crippen molar-refractivity contribution < 1.29 is 4.79 Å². The molecular weight excluding hydrogens is 344 g/mol. The average molecular weight is 360 g/mol. The maximum absolute atomic E-state index is 12.7. The van der Waals surface area contributed by atoms with E-state index in [1.165, 1.54) is 0 Å². The third-order valence-corrected chi connectivity index (χ3v) is 4.67. The number of benzene rings is 1. The molecule has 1 aliphatic heterocycles. The standard InChI is InChI=1S/C18H16N8O/c27-18(17-6-5-13-3-1-2-4-16(13)21-17)24-11-15(12-24)25-9-14(22-23-25)10-26-19-7-8-20-26/h1-9,15H,10-12H2. The number of pyridine rings is 1. The van der Waals surface area contributed by atoms with E-state index < -0.39 is 0 Å². The van der Waals surface area contributed by atoms with Gasteiger partial charge in [0, 0.05) is 18.5 Å². The van der Waals surface area contributed by atoms with Gasteiger partial charge in [-0.25, -0.2) is 9.67 Å². The molecule has 0 spiro atoms. The molecule has 5 rings (SSSR count). The lowest BCUT2D eigenvalue weighted by atomic mass is 10.1. The minimum atomic E-state index is -0.0573. The highest BCUT2D eigenvalue weighted by Crippen LogP contribution is 2.23. The number of likely N-dealkylation sites (tertiary alicyclic amines) is 1. The number of carbonyl (C=O) groups is 1. The van der Waals surface area contributed by atoms with E-state index in [1.807, 2.05) is 36.5 Å². The molecule has 3 aromatic heterocycles. The molecule has 134 valence electrons. The van der Waals surface area contributed by atoms with Crippen LogP contribution in [0.1, 0.15) is 22.2 Å². The monoisotopic (exact) mass is 360 g/mol. The van der Waals surface area contributed by atoms with Crippen LogP contribution in [0.4, 0.5) is 0 Å². The molecule has 27 heavy (non-hydrogen) atoms. The maximum Gasteiger partial charge on any atom is 0.272 e. The fourth-order valence-electron chi connectivity index (χ4n) is 3.17. The SMILES string of the molecule is O=C(c1ccc2ccccc2n1)N1CC(n2cc(Cn3nccn3)nn2)C1. The Kier molecular flexibility index (Phi) is 3.63. The number of hydrogen-bond donors (Lipinski definition) is 0. The number of para-hydroxylation sites is 1. The van der Waals surface area contributed by atoms with Crippen LogP contribution in [-0.4, -0.2) is 58.9 Å². The van der Waals surface area contributed by atoms with E-state index in [2.05, 4.69) is 25.5 Å². The predicted molar refractivity (Wildman–Crippen MR) is 95.8 cm³/mol. The molecule has 1 saturated heterocycles. The lowest BCUT2D eigenvalue weighted by molar-refractivity contribution is 0.0493. The third kappa shape index (κ3) is 2.92. The highest BCUT2D eigenvalue weighted by molar-refractivity contribution is 5.95. The zero-order valence-electron chi connectivity index (χ0n) is 14.4. The summed E-state index contributed by atoms with van der Waals surface area (Å²) in [6, 6.07) is 11.6. The number of amides is 1. The molecule has 0 radical (unpaired) electrons. The summed E-state index contributed by atoms with van der Waals surface area (Å²) in [6.45, 7) is 1.66. The molecule has 4 heterocycles. The minimum absolute atomic E-state index is 0.0573. The Hall–Kier alpha value is -3.62. The Bertz CT molecular complexity index is 1100. The van der Waals surface area contributed by atoms with Crippen molar-refractivity contribution in [2.45, 2.75) is 12.6 Å². The van der Waals surface area contributed by atoms with Crippen molar-refractivity contribution in [3.63, 3.8) is 0 Å². The van der Waals surface area contributed by atoms with Crippen LogP contribution in [0.5, 0.6) is 0 Å². The van der Waals surface area contributed by atoms with Crippen molar-refractivity contribution >= 4 is 16.8 Å². The smallest absolute Gasteiger partial charge is 0.272 e. The first-order valence-corrected chi connectivity index (χ1v) is 8.66. The van der Waals surface area contributed by atoms with Gasteiger partial charge < -0.3 is 4.90 Å². The number of carbonyl (C=O) groups excluding carboxylic acids is 1. The summed E-state index contributed by atoms with van der Waals surface area (Å²) >= 11 is 0. The highest BCUT2D eigenvalue weighted by atomic mass is 16.2. The zero-order chi connectivity index (χ0) is 18.2. The summed E-state index contributed by atoms with van der Waals surface area (Å²) in [5, 5.41) is 17.5. The molecule has 1 amide bonds. The van der Waals surface area contributed by atoms with Crippen LogP contribution in [0.2, 0.25) is 0 Å². The number of fused-ring (bicyclic) bond motifs is 1. The van der Waals surface area contributed by atoms with Crippen molar-refractivity contribution in [1.29, 1.82) is 0 Å². The number of nitrogens with zero attached hydrogens (tertiary/aromatic N) is 8. The molecule has 1 fully saturated rings. The molecule has 0 unspecified atom stereocenters. The summed E-state index contributed by atoms with van der Waals surface area (Å²) < 4.78 is 1.80. The fraction of sp³-hybridized carbons (Fsp3) is 0.222. The second-order valence-corrected chi connectivity index (χ2v) is 6.50. The predicted octanol–water partition coefficient (Wildman–Crippen LogP) is 1.16. The molecule has 4 aromatic rings. The van der Waals surface area contributed by atoms with E-state index in [-0.39, 0.29) is 11.9 Å². The van der Waals surface area contributed by atoms with Crippen LogP contribution in [0.25, 0.3) is 10.9 Å². The first-order valence-electron chi connectivity index (χ1n) is 8.66. The minimum Gasteiger partial charge on any atom is -0.333 e. The molecule has 1 aliphatic rings. The van der Waals surface area contributed by atoms with E-state index in [4.69, 9.17) is 0 Å². The Labute approximate surface area is 154 Å². The van der Waals surface area contributed by atoms with Gasteiger partial charge in [-0.05, 0) is 12.1 Å².